The summed E-state index contributed by atoms with van der Waals surface area (Å²) in [5, 5.41) is 6.67. The molecule has 3 heteroatoms. The molecule has 0 radical (unpaired) electrons. The maximum atomic E-state index is 12.4. The molecule has 21 heavy (non-hydrogen) atoms. The smallest absolute Gasteiger partial charge is 0.237 e. The normalized spacial score (nSPS) is 34.5. The van der Waals surface area contributed by atoms with Gasteiger partial charge in [-0.15, -0.1) is 0 Å². The van der Waals surface area contributed by atoms with Gasteiger partial charge in [0.1, 0.15) is 0 Å². The fourth-order valence-electron chi connectivity index (χ4n) is 3.92. The molecule has 122 valence electrons. The van der Waals surface area contributed by atoms with Crippen LogP contribution in [0.1, 0.15) is 72.6 Å². The van der Waals surface area contributed by atoms with Gasteiger partial charge in [0.05, 0.1) is 6.04 Å². The standard InChI is InChI=1S/C18H34N2O/c1-5-18(3,4)14-6-8-15(9-7-14)20-17(21)16-12-13(2)10-11-19-16/h13-16,19H,5-12H2,1-4H3,(H,20,21). The Balaban J connectivity index is 1.77. The van der Waals surface area contributed by atoms with E-state index in [0.29, 0.717) is 17.4 Å². The first-order valence-corrected chi connectivity index (χ1v) is 8.96. The van der Waals surface area contributed by atoms with E-state index < -0.39 is 0 Å². The van der Waals surface area contributed by atoms with Crippen molar-refractivity contribution in [2.45, 2.75) is 84.7 Å². The van der Waals surface area contributed by atoms with Crippen LogP contribution >= 0.6 is 0 Å². The maximum absolute atomic E-state index is 12.4. The Morgan fingerprint density at radius 1 is 1.19 bits per heavy atom. The first kappa shape index (κ1) is 16.8. The Hall–Kier alpha value is -0.570. The number of rotatable bonds is 4. The molecular formula is C18H34N2O. The van der Waals surface area contributed by atoms with Crippen molar-refractivity contribution in [3.8, 4) is 0 Å². The number of carbonyl (C=O) groups is 1. The number of hydrogen-bond acceptors (Lipinski definition) is 2. The van der Waals surface area contributed by atoms with Crippen LogP contribution in [0.25, 0.3) is 0 Å². The number of amides is 1. The summed E-state index contributed by atoms with van der Waals surface area (Å²) in [5.74, 6) is 1.73. The molecule has 2 fully saturated rings. The summed E-state index contributed by atoms with van der Waals surface area (Å²) in [5.41, 5.74) is 0.454. The highest BCUT2D eigenvalue weighted by molar-refractivity contribution is 5.82. The van der Waals surface area contributed by atoms with E-state index in [0.717, 1.165) is 31.7 Å². The van der Waals surface area contributed by atoms with E-state index in [9.17, 15) is 4.79 Å². The first-order valence-electron chi connectivity index (χ1n) is 8.96. The van der Waals surface area contributed by atoms with E-state index in [1.54, 1.807) is 0 Å². The third kappa shape index (κ3) is 4.45. The molecule has 2 N–H and O–H groups in total. The third-order valence-corrected chi connectivity index (χ3v) is 6.07. The van der Waals surface area contributed by atoms with Crippen molar-refractivity contribution in [3.63, 3.8) is 0 Å². The second kappa shape index (κ2) is 7.13. The van der Waals surface area contributed by atoms with E-state index in [4.69, 9.17) is 0 Å². The van der Waals surface area contributed by atoms with E-state index >= 15 is 0 Å². The maximum Gasteiger partial charge on any atom is 0.237 e. The van der Waals surface area contributed by atoms with E-state index in [1.807, 2.05) is 0 Å². The quantitative estimate of drug-likeness (QED) is 0.833. The van der Waals surface area contributed by atoms with Gasteiger partial charge < -0.3 is 10.6 Å². The van der Waals surface area contributed by atoms with Gasteiger partial charge >= 0.3 is 0 Å². The summed E-state index contributed by atoms with van der Waals surface area (Å²) in [6.07, 6.45) is 8.27. The van der Waals surface area contributed by atoms with Crippen LogP contribution in [0.3, 0.4) is 0 Å². The van der Waals surface area contributed by atoms with Crippen molar-refractivity contribution in [1.29, 1.82) is 0 Å². The fourth-order valence-corrected chi connectivity index (χ4v) is 3.92. The monoisotopic (exact) mass is 294 g/mol. The molecule has 3 nitrogen and oxygen atoms in total. The molecule has 2 rings (SSSR count). The Kier molecular flexibility index (Phi) is 5.70. The topological polar surface area (TPSA) is 41.1 Å². The van der Waals surface area contributed by atoms with Gasteiger partial charge in [-0.25, -0.2) is 0 Å². The van der Waals surface area contributed by atoms with Gasteiger partial charge in [-0.1, -0.05) is 34.1 Å². The van der Waals surface area contributed by atoms with Crippen LogP contribution < -0.4 is 10.6 Å². The van der Waals surface area contributed by atoms with Crippen LogP contribution in [-0.2, 0) is 4.79 Å². The summed E-state index contributed by atoms with van der Waals surface area (Å²) in [6.45, 7) is 10.3. The van der Waals surface area contributed by atoms with Crippen LogP contribution in [0.2, 0.25) is 0 Å². The summed E-state index contributed by atoms with van der Waals surface area (Å²) >= 11 is 0. The predicted octanol–water partition coefficient (Wildman–Crippen LogP) is 3.49. The van der Waals surface area contributed by atoms with Crippen LogP contribution in [0.15, 0.2) is 0 Å². The number of hydrogen-bond donors (Lipinski definition) is 2. The lowest BCUT2D eigenvalue weighted by atomic mass is 9.69. The van der Waals surface area contributed by atoms with Crippen molar-refractivity contribution in [1.82, 2.24) is 10.6 Å². The molecular weight excluding hydrogens is 260 g/mol. The van der Waals surface area contributed by atoms with Crippen LogP contribution in [0.5, 0.6) is 0 Å². The van der Waals surface area contributed by atoms with E-state index in [-0.39, 0.29) is 11.9 Å². The van der Waals surface area contributed by atoms with Gasteiger partial charge in [0.2, 0.25) is 5.91 Å². The molecule has 0 aromatic carbocycles. The fraction of sp³-hybridized carbons (Fsp3) is 0.944. The van der Waals surface area contributed by atoms with Gasteiger partial charge in [0.25, 0.3) is 0 Å². The molecule has 1 saturated heterocycles. The second-order valence-corrected chi connectivity index (χ2v) is 8.04. The molecule has 2 atom stereocenters. The number of piperidine rings is 1. The Morgan fingerprint density at radius 3 is 2.43 bits per heavy atom. The Labute approximate surface area is 130 Å². The lowest BCUT2D eigenvalue weighted by Gasteiger charge is -2.39. The van der Waals surface area contributed by atoms with Crippen LogP contribution in [0.4, 0.5) is 0 Å². The van der Waals surface area contributed by atoms with Crippen molar-refractivity contribution < 1.29 is 4.79 Å². The third-order valence-electron chi connectivity index (χ3n) is 6.07. The van der Waals surface area contributed by atoms with Gasteiger partial charge in [0, 0.05) is 6.04 Å². The number of carbonyl (C=O) groups excluding carboxylic acids is 1. The molecule has 1 amide bonds. The minimum atomic E-state index is 0.0403. The molecule has 1 heterocycles. The summed E-state index contributed by atoms with van der Waals surface area (Å²) in [6, 6.07) is 0.444. The highest BCUT2D eigenvalue weighted by atomic mass is 16.2. The van der Waals surface area contributed by atoms with Crippen molar-refractivity contribution >= 4 is 5.91 Å². The van der Waals surface area contributed by atoms with Gasteiger partial charge in [-0.3, -0.25) is 4.79 Å². The first-order chi connectivity index (χ1) is 9.92. The largest absolute Gasteiger partial charge is 0.352 e. The molecule has 0 bridgehead atoms. The highest BCUT2D eigenvalue weighted by Crippen LogP contribution is 2.40. The summed E-state index contributed by atoms with van der Waals surface area (Å²) < 4.78 is 0. The van der Waals surface area contributed by atoms with Crippen LogP contribution in [-0.4, -0.2) is 24.5 Å². The Bertz CT molecular complexity index is 345. The van der Waals surface area contributed by atoms with Gasteiger partial charge in [0.15, 0.2) is 0 Å². The number of nitrogens with one attached hydrogen (secondary N) is 2. The molecule has 1 saturated carbocycles. The second-order valence-electron chi connectivity index (χ2n) is 8.04. The lowest BCUT2D eigenvalue weighted by Crippen LogP contribution is -2.51. The van der Waals surface area contributed by atoms with E-state index in [2.05, 4.69) is 38.3 Å². The molecule has 0 spiro atoms. The van der Waals surface area contributed by atoms with Crippen molar-refractivity contribution in [3.05, 3.63) is 0 Å². The molecule has 1 aliphatic heterocycles. The molecule has 2 aliphatic rings. The average Bonchev–Trinajstić information content (AvgIpc) is 2.48. The molecule has 1 aliphatic carbocycles. The average molecular weight is 294 g/mol. The van der Waals surface area contributed by atoms with Gasteiger partial charge in [-0.05, 0) is 62.3 Å². The summed E-state index contributed by atoms with van der Waals surface area (Å²) in [7, 11) is 0. The molecule has 2 unspecified atom stereocenters. The summed E-state index contributed by atoms with van der Waals surface area (Å²) in [4.78, 5) is 12.4. The van der Waals surface area contributed by atoms with Crippen molar-refractivity contribution in [2.24, 2.45) is 17.3 Å². The van der Waals surface area contributed by atoms with Gasteiger partial charge in [-0.2, -0.15) is 0 Å². The molecule has 0 aromatic heterocycles. The Morgan fingerprint density at radius 2 is 1.86 bits per heavy atom. The minimum absolute atomic E-state index is 0.0403. The molecule has 0 aromatic rings. The predicted molar refractivity (Wildman–Crippen MR) is 88.1 cm³/mol. The van der Waals surface area contributed by atoms with E-state index in [1.165, 1.54) is 25.7 Å². The van der Waals surface area contributed by atoms with Crippen molar-refractivity contribution in [2.75, 3.05) is 6.54 Å². The SMILES string of the molecule is CCC(C)(C)C1CCC(NC(=O)C2CC(C)CCN2)CC1. The highest BCUT2D eigenvalue weighted by Gasteiger charge is 2.33. The zero-order valence-electron chi connectivity index (χ0n) is 14.4. The lowest BCUT2D eigenvalue weighted by molar-refractivity contribution is -0.125. The minimum Gasteiger partial charge on any atom is -0.352 e. The van der Waals surface area contributed by atoms with Crippen LogP contribution in [0, 0.1) is 17.3 Å². The zero-order chi connectivity index (χ0) is 15.5. The zero-order valence-corrected chi connectivity index (χ0v) is 14.4.